The number of amides is 2. The van der Waals surface area contributed by atoms with Crippen LogP contribution in [0.3, 0.4) is 0 Å². The molecular formula is C13H13F3N4O2. The highest BCUT2D eigenvalue weighted by atomic mass is 19.4. The van der Waals surface area contributed by atoms with E-state index in [4.69, 9.17) is 5.11 Å². The van der Waals surface area contributed by atoms with Crippen LogP contribution in [0.2, 0.25) is 0 Å². The molecule has 2 amide bonds. The molecule has 3 N–H and O–H groups in total. The van der Waals surface area contributed by atoms with E-state index in [1.54, 1.807) is 0 Å². The lowest BCUT2D eigenvalue weighted by molar-refractivity contribution is -0.137. The Morgan fingerprint density at radius 2 is 2.09 bits per heavy atom. The number of aliphatic hydroxyl groups excluding tert-OH is 1. The minimum Gasteiger partial charge on any atom is -0.395 e. The fourth-order valence-corrected chi connectivity index (χ4v) is 1.69. The molecule has 0 spiro atoms. The predicted molar refractivity (Wildman–Crippen MR) is 72.7 cm³/mol. The van der Waals surface area contributed by atoms with Crippen LogP contribution in [0.15, 0.2) is 36.5 Å². The Bertz CT molecular complexity index is 655. The molecule has 22 heavy (non-hydrogen) atoms. The van der Waals surface area contributed by atoms with Crippen molar-refractivity contribution in [3.05, 3.63) is 42.1 Å². The Kier molecular flexibility index (Phi) is 4.66. The van der Waals surface area contributed by atoms with Gasteiger partial charge < -0.3 is 10.4 Å². The van der Waals surface area contributed by atoms with E-state index in [1.165, 1.54) is 29.1 Å². The van der Waals surface area contributed by atoms with Crippen molar-refractivity contribution in [3.8, 4) is 5.69 Å². The monoisotopic (exact) mass is 314 g/mol. The first kappa shape index (κ1) is 15.8. The average molecular weight is 314 g/mol. The van der Waals surface area contributed by atoms with Crippen LogP contribution in [-0.2, 0) is 6.18 Å². The van der Waals surface area contributed by atoms with E-state index in [2.05, 4.69) is 15.7 Å². The van der Waals surface area contributed by atoms with Gasteiger partial charge in [0.2, 0.25) is 0 Å². The molecule has 0 aliphatic carbocycles. The summed E-state index contributed by atoms with van der Waals surface area (Å²) in [6.45, 7) is -0.119. The second kappa shape index (κ2) is 6.48. The van der Waals surface area contributed by atoms with Crippen LogP contribution in [0.1, 0.15) is 5.56 Å². The SMILES string of the molecule is O=C(NCCO)Nc1ccn(-c2cccc(C(F)(F)F)c2)n1. The minimum absolute atomic E-state index is 0.0835. The normalized spacial score (nSPS) is 11.3. The van der Waals surface area contributed by atoms with Crippen LogP contribution < -0.4 is 10.6 Å². The summed E-state index contributed by atoms with van der Waals surface area (Å²) >= 11 is 0. The van der Waals surface area contributed by atoms with Crippen LogP contribution in [0.4, 0.5) is 23.8 Å². The number of aliphatic hydroxyl groups is 1. The molecule has 0 aliphatic rings. The molecule has 118 valence electrons. The molecule has 1 aromatic carbocycles. The lowest BCUT2D eigenvalue weighted by Crippen LogP contribution is -2.31. The fourth-order valence-electron chi connectivity index (χ4n) is 1.69. The molecule has 2 rings (SSSR count). The van der Waals surface area contributed by atoms with Gasteiger partial charge in [-0.25, -0.2) is 9.48 Å². The highest BCUT2D eigenvalue weighted by Crippen LogP contribution is 2.30. The van der Waals surface area contributed by atoms with Gasteiger partial charge >= 0.3 is 12.2 Å². The Labute approximate surface area is 123 Å². The highest BCUT2D eigenvalue weighted by Gasteiger charge is 2.30. The summed E-state index contributed by atoms with van der Waals surface area (Å²) in [6.07, 6.45) is -3.01. The molecule has 1 heterocycles. The first-order chi connectivity index (χ1) is 10.4. The lowest BCUT2D eigenvalue weighted by atomic mass is 10.2. The van der Waals surface area contributed by atoms with Crippen LogP contribution in [0.5, 0.6) is 0 Å². The summed E-state index contributed by atoms with van der Waals surface area (Å²) in [7, 11) is 0. The number of hydrogen-bond acceptors (Lipinski definition) is 3. The van der Waals surface area contributed by atoms with Gasteiger partial charge in [0.1, 0.15) is 0 Å². The number of nitrogens with one attached hydrogen (secondary N) is 2. The van der Waals surface area contributed by atoms with Gasteiger partial charge in [-0.15, -0.1) is 5.10 Å². The summed E-state index contributed by atoms with van der Waals surface area (Å²) in [5.74, 6) is 0.174. The van der Waals surface area contributed by atoms with Gasteiger partial charge in [0.05, 0.1) is 17.9 Å². The van der Waals surface area contributed by atoms with Crippen molar-refractivity contribution in [3.63, 3.8) is 0 Å². The third-order valence-electron chi connectivity index (χ3n) is 2.67. The van der Waals surface area contributed by atoms with Crippen LogP contribution in [0, 0.1) is 0 Å². The number of rotatable bonds is 4. The van der Waals surface area contributed by atoms with E-state index >= 15 is 0 Å². The molecule has 0 atom stereocenters. The van der Waals surface area contributed by atoms with Gasteiger partial charge in [0.15, 0.2) is 5.82 Å². The van der Waals surface area contributed by atoms with Gasteiger partial charge in [-0.1, -0.05) is 6.07 Å². The maximum absolute atomic E-state index is 12.7. The van der Waals surface area contributed by atoms with E-state index < -0.39 is 17.8 Å². The third kappa shape index (κ3) is 3.98. The summed E-state index contributed by atoms with van der Waals surface area (Å²) in [5, 5.41) is 17.3. The third-order valence-corrected chi connectivity index (χ3v) is 2.67. The zero-order valence-electron chi connectivity index (χ0n) is 11.3. The first-order valence-electron chi connectivity index (χ1n) is 6.29. The summed E-state index contributed by atoms with van der Waals surface area (Å²) in [5.41, 5.74) is -0.561. The lowest BCUT2D eigenvalue weighted by Gasteiger charge is -2.08. The van der Waals surface area contributed by atoms with Gasteiger partial charge in [0.25, 0.3) is 0 Å². The number of hydrogen-bond donors (Lipinski definition) is 3. The van der Waals surface area contributed by atoms with E-state index in [1.807, 2.05) is 0 Å². The maximum Gasteiger partial charge on any atom is 0.416 e. The number of urea groups is 1. The van der Waals surface area contributed by atoms with Crippen molar-refractivity contribution in [2.24, 2.45) is 0 Å². The number of anilines is 1. The number of carbonyl (C=O) groups is 1. The number of carbonyl (C=O) groups excluding carboxylic acids is 1. The van der Waals surface area contributed by atoms with Crippen molar-refractivity contribution in [2.45, 2.75) is 6.18 Å². The minimum atomic E-state index is -4.44. The Balaban J connectivity index is 2.13. The van der Waals surface area contributed by atoms with E-state index in [-0.39, 0.29) is 24.7 Å². The second-order valence-electron chi connectivity index (χ2n) is 4.30. The quantitative estimate of drug-likeness (QED) is 0.807. The topological polar surface area (TPSA) is 79.2 Å². The molecule has 0 bridgehead atoms. The Morgan fingerprint density at radius 3 is 2.77 bits per heavy atom. The average Bonchev–Trinajstić information content (AvgIpc) is 2.93. The summed E-state index contributed by atoms with van der Waals surface area (Å²) < 4.78 is 39.2. The molecule has 0 aliphatic heterocycles. The molecule has 0 unspecified atom stereocenters. The van der Waals surface area contributed by atoms with Crippen molar-refractivity contribution in [2.75, 3.05) is 18.5 Å². The van der Waals surface area contributed by atoms with Gasteiger partial charge in [0, 0.05) is 18.8 Å². The van der Waals surface area contributed by atoms with Crippen molar-refractivity contribution in [1.29, 1.82) is 0 Å². The standard InChI is InChI=1S/C13H13F3N4O2/c14-13(15,16)9-2-1-3-10(8-9)20-6-4-11(19-20)18-12(22)17-5-7-21/h1-4,6,8,21H,5,7H2,(H2,17,18,19,22). The number of alkyl halides is 3. The smallest absolute Gasteiger partial charge is 0.395 e. The Morgan fingerprint density at radius 1 is 1.32 bits per heavy atom. The molecule has 2 aromatic rings. The number of nitrogens with zero attached hydrogens (tertiary/aromatic N) is 2. The largest absolute Gasteiger partial charge is 0.416 e. The maximum atomic E-state index is 12.7. The molecule has 6 nitrogen and oxygen atoms in total. The van der Waals surface area contributed by atoms with E-state index in [0.29, 0.717) is 0 Å². The first-order valence-corrected chi connectivity index (χ1v) is 6.29. The van der Waals surface area contributed by atoms with Gasteiger partial charge in [-0.3, -0.25) is 5.32 Å². The molecule has 1 aromatic heterocycles. The van der Waals surface area contributed by atoms with Crippen molar-refractivity contribution >= 4 is 11.8 Å². The Hall–Kier alpha value is -2.55. The molecule has 0 radical (unpaired) electrons. The van der Waals surface area contributed by atoms with Crippen molar-refractivity contribution < 1.29 is 23.1 Å². The zero-order chi connectivity index (χ0) is 16.2. The number of benzene rings is 1. The highest BCUT2D eigenvalue weighted by molar-refractivity contribution is 5.88. The summed E-state index contributed by atoms with van der Waals surface area (Å²) in [6, 6.07) is 5.55. The molecule has 0 fully saturated rings. The van der Waals surface area contributed by atoms with E-state index in [0.717, 1.165) is 12.1 Å². The van der Waals surface area contributed by atoms with Gasteiger partial charge in [-0.2, -0.15) is 13.2 Å². The number of halogens is 3. The van der Waals surface area contributed by atoms with E-state index in [9.17, 15) is 18.0 Å². The second-order valence-corrected chi connectivity index (χ2v) is 4.30. The fraction of sp³-hybridized carbons (Fsp3) is 0.231. The number of aromatic nitrogens is 2. The van der Waals surface area contributed by atoms with Crippen LogP contribution in [-0.4, -0.2) is 34.1 Å². The van der Waals surface area contributed by atoms with Crippen LogP contribution >= 0.6 is 0 Å². The summed E-state index contributed by atoms with van der Waals surface area (Å²) in [4.78, 5) is 11.4. The molecule has 0 saturated heterocycles. The molecular weight excluding hydrogens is 301 g/mol. The van der Waals surface area contributed by atoms with Crippen molar-refractivity contribution in [1.82, 2.24) is 15.1 Å². The zero-order valence-corrected chi connectivity index (χ0v) is 11.3. The molecule has 9 heteroatoms. The predicted octanol–water partition coefficient (Wildman–Crippen LogP) is 2.00. The van der Waals surface area contributed by atoms with Crippen LogP contribution in [0.25, 0.3) is 5.69 Å². The molecule has 0 saturated carbocycles. The van der Waals surface area contributed by atoms with Gasteiger partial charge in [-0.05, 0) is 18.2 Å².